The zero-order valence-corrected chi connectivity index (χ0v) is 13.2. The van der Waals surface area contributed by atoms with Crippen molar-refractivity contribution in [2.45, 2.75) is 32.4 Å². The number of likely N-dealkylation sites (tertiary alicyclic amines) is 1. The van der Waals surface area contributed by atoms with Crippen molar-refractivity contribution in [2.24, 2.45) is 11.7 Å². The second kappa shape index (κ2) is 7.57. The van der Waals surface area contributed by atoms with Gasteiger partial charge in [0.15, 0.2) is 0 Å². The lowest BCUT2D eigenvalue weighted by atomic mass is 9.90. The molecule has 1 fully saturated rings. The van der Waals surface area contributed by atoms with Crippen molar-refractivity contribution >= 4 is 0 Å². The number of piperidine rings is 1. The van der Waals surface area contributed by atoms with Crippen LogP contribution in [-0.2, 0) is 19.5 Å². The normalized spacial score (nSPS) is 16.8. The van der Waals surface area contributed by atoms with Crippen LogP contribution in [0.3, 0.4) is 0 Å². The average molecular weight is 294 g/mol. The first kappa shape index (κ1) is 15.3. The van der Waals surface area contributed by atoms with Crippen molar-refractivity contribution in [3.05, 3.63) is 71.3 Å². The fraction of sp³-hybridized carbons (Fsp3) is 0.400. The third-order valence-corrected chi connectivity index (χ3v) is 4.74. The van der Waals surface area contributed by atoms with Crippen molar-refractivity contribution in [1.29, 1.82) is 0 Å². The van der Waals surface area contributed by atoms with E-state index in [1.807, 2.05) is 0 Å². The quantitative estimate of drug-likeness (QED) is 0.913. The van der Waals surface area contributed by atoms with Crippen LogP contribution >= 0.6 is 0 Å². The molecule has 0 saturated carbocycles. The lowest BCUT2D eigenvalue weighted by Crippen LogP contribution is -2.33. The average Bonchev–Trinajstić information content (AvgIpc) is 2.58. The minimum atomic E-state index is 0.630. The van der Waals surface area contributed by atoms with Crippen LogP contribution in [0.4, 0.5) is 0 Å². The highest BCUT2D eigenvalue weighted by atomic mass is 15.1. The molecule has 2 aromatic rings. The van der Waals surface area contributed by atoms with Crippen LogP contribution in [0.2, 0.25) is 0 Å². The topological polar surface area (TPSA) is 29.3 Å². The molecule has 0 aliphatic carbocycles. The molecule has 0 spiro atoms. The van der Waals surface area contributed by atoms with Crippen LogP contribution in [0, 0.1) is 5.92 Å². The minimum Gasteiger partial charge on any atom is -0.326 e. The summed E-state index contributed by atoms with van der Waals surface area (Å²) in [6.07, 6.45) is 3.87. The zero-order chi connectivity index (χ0) is 15.2. The molecular weight excluding hydrogens is 268 g/mol. The van der Waals surface area contributed by atoms with E-state index >= 15 is 0 Å². The number of nitrogens with zero attached hydrogens (tertiary/aromatic N) is 1. The molecule has 0 aromatic heterocycles. The Bertz CT molecular complexity index is 554. The Hall–Kier alpha value is -1.64. The molecule has 0 radical (unpaired) electrons. The van der Waals surface area contributed by atoms with Gasteiger partial charge in [0.2, 0.25) is 0 Å². The van der Waals surface area contributed by atoms with Gasteiger partial charge in [0.1, 0.15) is 0 Å². The highest BCUT2D eigenvalue weighted by Gasteiger charge is 2.19. The summed E-state index contributed by atoms with van der Waals surface area (Å²) in [7, 11) is 0. The maximum Gasteiger partial charge on any atom is 0.0233 e. The first-order valence-corrected chi connectivity index (χ1v) is 8.37. The molecule has 2 N–H and O–H groups in total. The maximum absolute atomic E-state index is 5.65. The SMILES string of the molecule is NCc1ccc(CN2CCC(Cc3ccccc3)CC2)cc1. The van der Waals surface area contributed by atoms with E-state index in [9.17, 15) is 0 Å². The molecule has 0 unspecified atom stereocenters. The lowest BCUT2D eigenvalue weighted by molar-refractivity contribution is 0.177. The monoisotopic (exact) mass is 294 g/mol. The summed E-state index contributed by atoms with van der Waals surface area (Å²) in [4.78, 5) is 2.58. The maximum atomic E-state index is 5.65. The smallest absolute Gasteiger partial charge is 0.0233 e. The standard InChI is InChI=1S/C20H26N2/c21-15-19-6-8-20(9-7-19)16-22-12-10-18(11-13-22)14-17-4-2-1-3-5-17/h1-9,18H,10-16,21H2. The first-order chi connectivity index (χ1) is 10.8. The van der Waals surface area contributed by atoms with Crippen molar-refractivity contribution in [2.75, 3.05) is 13.1 Å². The Morgan fingerprint density at radius 1 is 0.818 bits per heavy atom. The third kappa shape index (κ3) is 4.19. The van der Waals surface area contributed by atoms with Crippen LogP contribution < -0.4 is 5.73 Å². The van der Waals surface area contributed by atoms with Gasteiger partial charge in [-0.2, -0.15) is 0 Å². The van der Waals surface area contributed by atoms with E-state index < -0.39 is 0 Å². The van der Waals surface area contributed by atoms with E-state index in [2.05, 4.69) is 59.5 Å². The number of rotatable bonds is 5. The Morgan fingerprint density at radius 3 is 2.09 bits per heavy atom. The fourth-order valence-electron chi connectivity index (χ4n) is 3.34. The van der Waals surface area contributed by atoms with Crippen molar-refractivity contribution < 1.29 is 0 Å². The molecule has 1 aliphatic heterocycles. The van der Waals surface area contributed by atoms with Crippen molar-refractivity contribution in [3.63, 3.8) is 0 Å². The van der Waals surface area contributed by atoms with Crippen molar-refractivity contribution in [1.82, 2.24) is 4.90 Å². The zero-order valence-electron chi connectivity index (χ0n) is 13.2. The molecular formula is C20H26N2. The highest BCUT2D eigenvalue weighted by Crippen LogP contribution is 2.22. The molecule has 0 amide bonds. The molecule has 2 heteroatoms. The van der Waals surface area contributed by atoms with Crippen LogP contribution in [0.25, 0.3) is 0 Å². The van der Waals surface area contributed by atoms with E-state index in [4.69, 9.17) is 5.73 Å². The third-order valence-electron chi connectivity index (χ3n) is 4.74. The second-order valence-electron chi connectivity index (χ2n) is 6.43. The summed E-state index contributed by atoms with van der Waals surface area (Å²) >= 11 is 0. The largest absolute Gasteiger partial charge is 0.326 e. The summed E-state index contributed by atoms with van der Waals surface area (Å²) in [6, 6.07) is 19.6. The highest BCUT2D eigenvalue weighted by molar-refractivity contribution is 5.22. The number of nitrogens with two attached hydrogens (primary N) is 1. The Balaban J connectivity index is 1.47. The van der Waals surface area contributed by atoms with Crippen LogP contribution in [0.5, 0.6) is 0 Å². The molecule has 0 bridgehead atoms. The molecule has 1 heterocycles. The number of benzene rings is 2. The molecule has 2 aromatic carbocycles. The van der Waals surface area contributed by atoms with E-state index in [0.717, 1.165) is 12.5 Å². The first-order valence-electron chi connectivity index (χ1n) is 8.37. The van der Waals surface area contributed by atoms with Gasteiger partial charge < -0.3 is 5.73 Å². The summed E-state index contributed by atoms with van der Waals surface area (Å²) in [5.74, 6) is 0.846. The van der Waals surface area contributed by atoms with Gasteiger partial charge in [-0.1, -0.05) is 54.6 Å². The predicted molar refractivity (Wildman–Crippen MR) is 92.5 cm³/mol. The summed E-state index contributed by atoms with van der Waals surface area (Å²) in [5.41, 5.74) is 9.75. The molecule has 22 heavy (non-hydrogen) atoms. The van der Waals surface area contributed by atoms with Crippen molar-refractivity contribution in [3.8, 4) is 0 Å². The molecule has 2 nitrogen and oxygen atoms in total. The van der Waals surface area contributed by atoms with E-state index in [0.29, 0.717) is 6.54 Å². The van der Waals surface area contributed by atoms with Gasteiger partial charge in [0.05, 0.1) is 0 Å². The van der Waals surface area contributed by atoms with Gasteiger partial charge in [-0.3, -0.25) is 4.90 Å². The van der Waals surface area contributed by atoms with Gasteiger partial charge in [-0.05, 0) is 55.0 Å². The summed E-state index contributed by atoms with van der Waals surface area (Å²) in [5, 5.41) is 0. The molecule has 116 valence electrons. The van der Waals surface area contributed by atoms with Crippen LogP contribution in [0.1, 0.15) is 29.5 Å². The van der Waals surface area contributed by atoms with E-state index in [1.54, 1.807) is 0 Å². The summed E-state index contributed by atoms with van der Waals surface area (Å²) in [6.45, 7) is 4.14. The molecule has 0 atom stereocenters. The molecule has 1 aliphatic rings. The number of hydrogen-bond donors (Lipinski definition) is 1. The predicted octanol–water partition coefficient (Wildman–Crippen LogP) is 3.60. The lowest BCUT2D eigenvalue weighted by Gasteiger charge is -2.32. The minimum absolute atomic E-state index is 0.630. The van der Waals surface area contributed by atoms with Gasteiger partial charge >= 0.3 is 0 Å². The Labute approximate surface area is 134 Å². The van der Waals surface area contributed by atoms with Crippen LogP contribution in [-0.4, -0.2) is 18.0 Å². The number of hydrogen-bond acceptors (Lipinski definition) is 2. The fourth-order valence-corrected chi connectivity index (χ4v) is 3.34. The van der Waals surface area contributed by atoms with Gasteiger partial charge in [0.25, 0.3) is 0 Å². The summed E-state index contributed by atoms with van der Waals surface area (Å²) < 4.78 is 0. The second-order valence-corrected chi connectivity index (χ2v) is 6.43. The van der Waals surface area contributed by atoms with E-state index in [-0.39, 0.29) is 0 Å². The Kier molecular flexibility index (Phi) is 5.25. The van der Waals surface area contributed by atoms with Gasteiger partial charge in [0, 0.05) is 13.1 Å². The molecule has 1 saturated heterocycles. The van der Waals surface area contributed by atoms with Crippen LogP contribution in [0.15, 0.2) is 54.6 Å². The van der Waals surface area contributed by atoms with Gasteiger partial charge in [-0.15, -0.1) is 0 Å². The Morgan fingerprint density at radius 2 is 1.45 bits per heavy atom. The van der Waals surface area contributed by atoms with Gasteiger partial charge in [-0.25, -0.2) is 0 Å². The molecule has 3 rings (SSSR count). The van der Waals surface area contributed by atoms with E-state index in [1.165, 1.54) is 49.0 Å².